The van der Waals surface area contributed by atoms with E-state index in [2.05, 4.69) is 5.32 Å². The number of methoxy groups -OCH3 is 1. The van der Waals surface area contributed by atoms with Crippen LogP contribution in [0.1, 0.15) is 11.5 Å². The van der Waals surface area contributed by atoms with Gasteiger partial charge in [0.2, 0.25) is 12.1 Å². The number of anilines is 1. The molecular formula is C11H10FNO4. The Labute approximate surface area is 96.2 Å². The Balaban J connectivity index is 2.41. The van der Waals surface area contributed by atoms with Crippen molar-refractivity contribution in [3.05, 3.63) is 23.8 Å². The molecule has 0 aromatic heterocycles. The van der Waals surface area contributed by atoms with Crippen molar-refractivity contribution in [2.75, 3.05) is 12.4 Å². The zero-order valence-electron chi connectivity index (χ0n) is 8.94. The Morgan fingerprint density at radius 3 is 2.88 bits per heavy atom. The molecule has 2 atom stereocenters. The molecule has 17 heavy (non-hydrogen) atoms. The van der Waals surface area contributed by atoms with Gasteiger partial charge in [-0.3, -0.25) is 4.79 Å². The molecule has 1 heterocycles. The lowest BCUT2D eigenvalue weighted by Crippen LogP contribution is -2.28. The van der Waals surface area contributed by atoms with Crippen molar-refractivity contribution in [3.63, 3.8) is 0 Å². The average Bonchev–Trinajstić information content (AvgIpc) is 2.62. The third-order valence-electron chi connectivity index (χ3n) is 2.66. The summed E-state index contributed by atoms with van der Waals surface area (Å²) in [5, 5.41) is 11.0. The van der Waals surface area contributed by atoms with Gasteiger partial charge in [-0.1, -0.05) is 6.07 Å². The van der Waals surface area contributed by atoms with Crippen LogP contribution < -0.4 is 10.1 Å². The Kier molecular flexibility index (Phi) is 2.71. The Morgan fingerprint density at radius 1 is 1.59 bits per heavy atom. The molecule has 0 bridgehead atoms. The number of nitrogens with one attached hydrogen (secondary N) is 1. The van der Waals surface area contributed by atoms with Gasteiger partial charge in [-0.05, 0) is 11.6 Å². The molecule has 0 aliphatic carbocycles. The van der Waals surface area contributed by atoms with E-state index in [1.807, 2.05) is 0 Å². The number of benzene rings is 1. The lowest BCUT2D eigenvalue weighted by molar-refractivity contribution is -0.145. The SMILES string of the molecule is COc1ccc2c(c1)NC(=O)C2C(F)C(=O)O. The van der Waals surface area contributed by atoms with Gasteiger partial charge in [-0.25, -0.2) is 9.18 Å². The molecule has 0 fully saturated rings. The molecule has 6 heteroatoms. The molecule has 2 rings (SSSR count). The van der Waals surface area contributed by atoms with Gasteiger partial charge in [0.25, 0.3) is 0 Å². The molecule has 1 aliphatic heterocycles. The molecule has 1 aliphatic rings. The lowest BCUT2D eigenvalue weighted by atomic mass is 9.96. The molecule has 90 valence electrons. The molecule has 2 unspecified atom stereocenters. The molecule has 1 aromatic rings. The fraction of sp³-hybridized carbons (Fsp3) is 0.273. The molecule has 0 radical (unpaired) electrons. The van der Waals surface area contributed by atoms with E-state index < -0.39 is 24.0 Å². The normalized spacial score (nSPS) is 19.4. The van der Waals surface area contributed by atoms with Crippen LogP contribution in [-0.4, -0.2) is 30.3 Å². The Bertz CT molecular complexity index is 488. The van der Waals surface area contributed by atoms with Crippen LogP contribution in [0.15, 0.2) is 18.2 Å². The van der Waals surface area contributed by atoms with Gasteiger partial charge < -0.3 is 15.2 Å². The highest BCUT2D eigenvalue weighted by Crippen LogP contribution is 2.37. The van der Waals surface area contributed by atoms with Gasteiger partial charge in [0.1, 0.15) is 11.7 Å². The molecule has 0 saturated carbocycles. The molecule has 1 aromatic carbocycles. The van der Waals surface area contributed by atoms with Gasteiger partial charge in [0.15, 0.2) is 0 Å². The zero-order chi connectivity index (χ0) is 12.6. The van der Waals surface area contributed by atoms with Crippen molar-refractivity contribution in [2.45, 2.75) is 12.1 Å². The number of ether oxygens (including phenoxy) is 1. The third-order valence-corrected chi connectivity index (χ3v) is 2.66. The number of aliphatic carboxylic acids is 1. The van der Waals surface area contributed by atoms with Crippen molar-refractivity contribution >= 4 is 17.6 Å². The molecule has 1 amide bonds. The maximum atomic E-state index is 13.5. The minimum atomic E-state index is -2.25. The van der Waals surface area contributed by atoms with Gasteiger partial charge in [0, 0.05) is 11.8 Å². The minimum absolute atomic E-state index is 0.339. The predicted octanol–water partition coefficient (Wildman–Crippen LogP) is 1.15. The van der Waals surface area contributed by atoms with Crippen molar-refractivity contribution < 1.29 is 23.8 Å². The smallest absolute Gasteiger partial charge is 0.339 e. The minimum Gasteiger partial charge on any atom is -0.497 e. The maximum Gasteiger partial charge on any atom is 0.339 e. The molecule has 0 saturated heterocycles. The van der Waals surface area contributed by atoms with Gasteiger partial charge in [-0.2, -0.15) is 0 Å². The number of hydrogen-bond donors (Lipinski definition) is 2. The first-order chi connectivity index (χ1) is 8.04. The predicted molar refractivity (Wildman–Crippen MR) is 56.9 cm³/mol. The molecule has 5 nitrogen and oxygen atoms in total. The summed E-state index contributed by atoms with van der Waals surface area (Å²) < 4.78 is 18.4. The zero-order valence-corrected chi connectivity index (χ0v) is 8.94. The van der Waals surface area contributed by atoms with Crippen molar-refractivity contribution in [3.8, 4) is 5.75 Å². The number of alkyl halides is 1. The van der Waals surface area contributed by atoms with Gasteiger partial charge >= 0.3 is 5.97 Å². The number of carbonyl (C=O) groups excluding carboxylic acids is 1. The maximum absolute atomic E-state index is 13.5. The fourth-order valence-corrected chi connectivity index (χ4v) is 1.83. The Hall–Kier alpha value is -2.11. The first kappa shape index (κ1) is 11.4. The van der Waals surface area contributed by atoms with Crippen LogP contribution >= 0.6 is 0 Å². The van der Waals surface area contributed by atoms with Gasteiger partial charge in [-0.15, -0.1) is 0 Å². The summed E-state index contributed by atoms with van der Waals surface area (Å²) in [5.41, 5.74) is 0.731. The number of carboxylic acid groups (broad SMARTS) is 1. The van der Waals surface area contributed by atoms with E-state index in [4.69, 9.17) is 9.84 Å². The summed E-state index contributed by atoms with van der Waals surface area (Å²) in [5.74, 6) is -3.08. The van der Waals surface area contributed by atoms with Crippen LogP contribution in [0.2, 0.25) is 0 Å². The van der Waals surface area contributed by atoms with E-state index in [9.17, 15) is 14.0 Å². The van der Waals surface area contributed by atoms with E-state index in [1.54, 1.807) is 6.07 Å². The van der Waals surface area contributed by atoms with Crippen LogP contribution in [0.25, 0.3) is 0 Å². The van der Waals surface area contributed by atoms with Crippen molar-refractivity contribution in [1.29, 1.82) is 0 Å². The second-order valence-electron chi connectivity index (χ2n) is 3.66. The molecular weight excluding hydrogens is 229 g/mol. The molecule has 2 N–H and O–H groups in total. The Morgan fingerprint density at radius 2 is 2.29 bits per heavy atom. The highest BCUT2D eigenvalue weighted by molar-refractivity contribution is 6.05. The summed E-state index contributed by atoms with van der Waals surface area (Å²) in [4.78, 5) is 22.1. The van der Waals surface area contributed by atoms with Crippen LogP contribution in [-0.2, 0) is 9.59 Å². The van der Waals surface area contributed by atoms with Crippen LogP contribution in [0.5, 0.6) is 5.75 Å². The largest absolute Gasteiger partial charge is 0.497 e. The second-order valence-corrected chi connectivity index (χ2v) is 3.66. The van der Waals surface area contributed by atoms with E-state index in [1.165, 1.54) is 19.2 Å². The summed E-state index contributed by atoms with van der Waals surface area (Å²) >= 11 is 0. The van der Waals surface area contributed by atoms with E-state index >= 15 is 0 Å². The van der Waals surface area contributed by atoms with Crippen molar-refractivity contribution in [2.24, 2.45) is 0 Å². The van der Waals surface area contributed by atoms with E-state index in [0.29, 0.717) is 17.0 Å². The summed E-state index contributed by atoms with van der Waals surface area (Å²) in [6, 6.07) is 4.58. The number of amides is 1. The van der Waals surface area contributed by atoms with Gasteiger partial charge in [0.05, 0.1) is 7.11 Å². The summed E-state index contributed by atoms with van der Waals surface area (Å²) in [6.07, 6.45) is -2.25. The fourth-order valence-electron chi connectivity index (χ4n) is 1.83. The lowest BCUT2D eigenvalue weighted by Gasteiger charge is -2.10. The standard InChI is InChI=1S/C11H10FNO4/c1-17-5-2-3-6-7(4-5)13-10(14)8(6)9(12)11(15)16/h2-4,8-9H,1H3,(H,13,14)(H,15,16). The first-order valence-corrected chi connectivity index (χ1v) is 4.90. The van der Waals surface area contributed by atoms with Crippen molar-refractivity contribution in [1.82, 2.24) is 0 Å². The van der Waals surface area contributed by atoms with E-state index in [0.717, 1.165) is 0 Å². The average molecular weight is 239 g/mol. The number of hydrogen-bond acceptors (Lipinski definition) is 3. The first-order valence-electron chi connectivity index (χ1n) is 4.90. The number of halogens is 1. The number of rotatable bonds is 3. The van der Waals surface area contributed by atoms with E-state index in [-0.39, 0.29) is 0 Å². The summed E-state index contributed by atoms with van der Waals surface area (Å²) in [7, 11) is 1.46. The third kappa shape index (κ3) is 1.82. The monoisotopic (exact) mass is 239 g/mol. The second kappa shape index (κ2) is 4.04. The highest BCUT2D eigenvalue weighted by atomic mass is 19.1. The number of fused-ring (bicyclic) bond motifs is 1. The quantitative estimate of drug-likeness (QED) is 0.829. The van der Waals surface area contributed by atoms with Crippen LogP contribution in [0.3, 0.4) is 0 Å². The van der Waals surface area contributed by atoms with Crippen LogP contribution in [0, 0.1) is 0 Å². The molecule has 0 spiro atoms. The summed E-state index contributed by atoms with van der Waals surface area (Å²) in [6.45, 7) is 0. The number of carboxylic acids is 1. The topological polar surface area (TPSA) is 75.6 Å². The van der Waals surface area contributed by atoms with Crippen LogP contribution in [0.4, 0.5) is 10.1 Å². The highest BCUT2D eigenvalue weighted by Gasteiger charge is 2.41. The number of carbonyl (C=O) groups is 2.